The molecule has 20 heavy (non-hydrogen) atoms. The fraction of sp³-hybridized carbons (Fsp3) is 0. The molecule has 2 heterocycles. The van der Waals surface area contributed by atoms with Crippen molar-refractivity contribution in [2.75, 3.05) is 0 Å². The van der Waals surface area contributed by atoms with Gasteiger partial charge in [-0.05, 0) is 6.07 Å². The van der Waals surface area contributed by atoms with Crippen LogP contribution < -0.4 is 0 Å². The van der Waals surface area contributed by atoms with Crippen molar-refractivity contribution >= 4 is 23.2 Å². The summed E-state index contributed by atoms with van der Waals surface area (Å²) in [6.07, 6.45) is 6.27. The lowest BCUT2D eigenvalue weighted by molar-refractivity contribution is 1.15. The van der Waals surface area contributed by atoms with Crippen LogP contribution >= 0.6 is 23.2 Å². The zero-order valence-electron chi connectivity index (χ0n) is 10.2. The van der Waals surface area contributed by atoms with E-state index in [-0.39, 0.29) is 0 Å². The van der Waals surface area contributed by atoms with Gasteiger partial charge >= 0.3 is 0 Å². The molecule has 0 aliphatic rings. The maximum atomic E-state index is 6.22. The van der Waals surface area contributed by atoms with Crippen molar-refractivity contribution < 1.29 is 0 Å². The van der Waals surface area contributed by atoms with Gasteiger partial charge in [-0.25, -0.2) is 4.98 Å². The highest BCUT2D eigenvalue weighted by atomic mass is 35.5. The molecule has 0 spiro atoms. The quantitative estimate of drug-likeness (QED) is 0.720. The number of benzene rings is 1. The van der Waals surface area contributed by atoms with E-state index in [2.05, 4.69) is 19.9 Å². The summed E-state index contributed by atoms with van der Waals surface area (Å²) in [6.45, 7) is 0. The van der Waals surface area contributed by atoms with Gasteiger partial charge in [0.05, 0.1) is 23.1 Å². The molecule has 0 aliphatic heterocycles. The number of halogens is 2. The molecule has 0 radical (unpaired) electrons. The van der Waals surface area contributed by atoms with Crippen molar-refractivity contribution in [3.8, 4) is 22.6 Å². The van der Waals surface area contributed by atoms with Crippen LogP contribution in [0.2, 0.25) is 10.2 Å². The van der Waals surface area contributed by atoms with Crippen molar-refractivity contribution in [3.63, 3.8) is 0 Å². The average Bonchev–Trinajstić information content (AvgIpc) is 2.48. The van der Waals surface area contributed by atoms with Gasteiger partial charge in [-0.1, -0.05) is 41.4 Å². The van der Waals surface area contributed by atoms with Crippen LogP contribution in [0.1, 0.15) is 0 Å². The largest absolute Gasteiger partial charge is 0.259 e. The highest BCUT2D eigenvalue weighted by Gasteiger charge is 2.14. The Hall–Kier alpha value is -2.04. The Morgan fingerprint density at radius 2 is 1.60 bits per heavy atom. The molecule has 0 bridgehead atoms. The van der Waals surface area contributed by atoms with Crippen molar-refractivity contribution in [3.05, 3.63) is 59.2 Å². The third-order valence-corrected chi connectivity index (χ3v) is 3.19. The molecular formula is C14H8Cl2N4. The monoisotopic (exact) mass is 302 g/mol. The van der Waals surface area contributed by atoms with E-state index in [1.54, 1.807) is 24.7 Å². The van der Waals surface area contributed by atoms with Crippen molar-refractivity contribution in [2.24, 2.45) is 0 Å². The number of hydrogen-bond acceptors (Lipinski definition) is 4. The van der Waals surface area contributed by atoms with Crippen LogP contribution in [0.3, 0.4) is 0 Å². The van der Waals surface area contributed by atoms with E-state index in [0.29, 0.717) is 27.3 Å². The highest BCUT2D eigenvalue weighted by molar-refractivity contribution is 6.33. The molecule has 0 unspecified atom stereocenters. The summed E-state index contributed by atoms with van der Waals surface area (Å²) in [5.41, 5.74) is 2.59. The van der Waals surface area contributed by atoms with Crippen molar-refractivity contribution in [1.82, 2.24) is 19.9 Å². The van der Waals surface area contributed by atoms with Gasteiger partial charge in [-0.3, -0.25) is 15.0 Å². The van der Waals surface area contributed by atoms with Gasteiger partial charge in [-0.2, -0.15) is 0 Å². The molecule has 0 aliphatic carbocycles. The standard InChI is InChI=1S/C14H8Cl2N4/c15-10-4-2-1-3-9(10)13-14(19-6-5-18-13)11-7-17-8-12(16)20-11/h1-8H. The Balaban J connectivity index is 2.22. The summed E-state index contributed by atoms with van der Waals surface area (Å²) in [7, 11) is 0. The maximum Gasteiger partial charge on any atom is 0.148 e. The summed E-state index contributed by atoms with van der Waals surface area (Å²) in [5, 5.41) is 0.905. The van der Waals surface area contributed by atoms with Crippen LogP contribution in [-0.4, -0.2) is 19.9 Å². The fourth-order valence-electron chi connectivity index (χ4n) is 1.83. The van der Waals surface area contributed by atoms with Gasteiger partial charge in [0.25, 0.3) is 0 Å². The summed E-state index contributed by atoms with van der Waals surface area (Å²) in [4.78, 5) is 16.9. The van der Waals surface area contributed by atoms with Gasteiger partial charge in [0, 0.05) is 18.0 Å². The lowest BCUT2D eigenvalue weighted by atomic mass is 10.1. The van der Waals surface area contributed by atoms with Crippen LogP contribution in [0.25, 0.3) is 22.6 Å². The number of aromatic nitrogens is 4. The van der Waals surface area contributed by atoms with E-state index in [1.165, 1.54) is 6.20 Å². The molecule has 0 saturated heterocycles. The third-order valence-electron chi connectivity index (χ3n) is 2.67. The first-order chi connectivity index (χ1) is 9.75. The van der Waals surface area contributed by atoms with Crippen molar-refractivity contribution in [1.29, 1.82) is 0 Å². The minimum Gasteiger partial charge on any atom is -0.259 e. The molecule has 6 heteroatoms. The lowest BCUT2D eigenvalue weighted by Gasteiger charge is -2.08. The second kappa shape index (κ2) is 5.53. The summed E-state index contributed by atoms with van der Waals surface area (Å²) in [5.74, 6) is 0. The van der Waals surface area contributed by atoms with Crippen LogP contribution in [0.5, 0.6) is 0 Å². The molecule has 2 aromatic heterocycles. The third kappa shape index (κ3) is 2.48. The SMILES string of the molecule is Clc1cncc(-c2nccnc2-c2ccccc2Cl)n1. The Labute approximate surface area is 125 Å². The second-order valence-electron chi connectivity index (χ2n) is 3.96. The van der Waals surface area contributed by atoms with E-state index >= 15 is 0 Å². The van der Waals surface area contributed by atoms with E-state index in [9.17, 15) is 0 Å². The molecule has 0 amide bonds. The van der Waals surface area contributed by atoms with Gasteiger partial charge in [0.1, 0.15) is 16.5 Å². The van der Waals surface area contributed by atoms with Gasteiger partial charge in [0.2, 0.25) is 0 Å². The van der Waals surface area contributed by atoms with Crippen LogP contribution in [0.4, 0.5) is 0 Å². The summed E-state index contributed by atoms with van der Waals surface area (Å²) in [6, 6.07) is 7.44. The number of hydrogen-bond donors (Lipinski definition) is 0. The normalized spacial score (nSPS) is 10.5. The zero-order chi connectivity index (χ0) is 13.9. The smallest absolute Gasteiger partial charge is 0.148 e. The Bertz CT molecular complexity index is 761. The molecule has 1 aromatic carbocycles. The Morgan fingerprint density at radius 1 is 0.850 bits per heavy atom. The Kier molecular flexibility index (Phi) is 3.58. The first kappa shape index (κ1) is 13.0. The van der Waals surface area contributed by atoms with E-state index in [0.717, 1.165) is 5.56 Å². The minimum absolute atomic E-state index is 0.304. The van der Waals surface area contributed by atoms with Gasteiger partial charge < -0.3 is 0 Å². The molecule has 0 atom stereocenters. The van der Waals surface area contributed by atoms with Crippen LogP contribution in [-0.2, 0) is 0 Å². The van der Waals surface area contributed by atoms with E-state index < -0.39 is 0 Å². The predicted octanol–water partition coefficient (Wildman–Crippen LogP) is 3.91. The molecule has 3 aromatic rings. The van der Waals surface area contributed by atoms with Crippen LogP contribution in [0.15, 0.2) is 49.1 Å². The van der Waals surface area contributed by atoms with Gasteiger partial charge in [0.15, 0.2) is 0 Å². The highest BCUT2D eigenvalue weighted by Crippen LogP contribution is 2.31. The second-order valence-corrected chi connectivity index (χ2v) is 4.75. The Morgan fingerprint density at radius 3 is 2.35 bits per heavy atom. The lowest BCUT2D eigenvalue weighted by Crippen LogP contribution is -1.95. The summed E-state index contributed by atoms with van der Waals surface area (Å²) < 4.78 is 0. The average molecular weight is 303 g/mol. The fourth-order valence-corrected chi connectivity index (χ4v) is 2.20. The zero-order valence-corrected chi connectivity index (χ0v) is 11.7. The van der Waals surface area contributed by atoms with Crippen molar-refractivity contribution in [2.45, 2.75) is 0 Å². The number of rotatable bonds is 2. The topological polar surface area (TPSA) is 51.6 Å². The maximum absolute atomic E-state index is 6.22. The minimum atomic E-state index is 0.304. The van der Waals surface area contributed by atoms with Crippen LogP contribution in [0, 0.1) is 0 Å². The summed E-state index contributed by atoms with van der Waals surface area (Å²) >= 11 is 12.1. The first-order valence-corrected chi connectivity index (χ1v) is 6.55. The van der Waals surface area contributed by atoms with E-state index in [1.807, 2.05) is 18.2 Å². The first-order valence-electron chi connectivity index (χ1n) is 5.79. The van der Waals surface area contributed by atoms with E-state index in [4.69, 9.17) is 23.2 Å². The molecule has 0 saturated carbocycles. The molecule has 0 fully saturated rings. The molecule has 4 nitrogen and oxygen atoms in total. The van der Waals surface area contributed by atoms with Gasteiger partial charge in [-0.15, -0.1) is 0 Å². The molecule has 0 N–H and O–H groups in total. The molecular weight excluding hydrogens is 295 g/mol. The predicted molar refractivity (Wildman–Crippen MR) is 78.5 cm³/mol. The molecule has 98 valence electrons. The molecule has 3 rings (SSSR count). The number of nitrogens with zero attached hydrogens (tertiary/aromatic N) is 4.